The average Bonchev–Trinajstić information content (AvgIpc) is 2.27. The first-order chi connectivity index (χ1) is 7.24. The molecule has 79 valence electrons. The van der Waals surface area contributed by atoms with E-state index in [1.807, 2.05) is 30.3 Å². The van der Waals surface area contributed by atoms with Crippen molar-refractivity contribution < 1.29 is 9.90 Å². The van der Waals surface area contributed by atoms with Crippen molar-refractivity contribution >= 4 is 11.9 Å². The van der Waals surface area contributed by atoms with Crippen LogP contribution in [0.2, 0.25) is 0 Å². The molecule has 1 radical (unpaired) electrons. The maximum absolute atomic E-state index is 11.4. The molecular weight excluding hydrogens is 190 g/mol. The van der Waals surface area contributed by atoms with Gasteiger partial charge in [0.2, 0.25) is 0 Å². The number of hydrogen-bond donors (Lipinski definition) is 1. The monoisotopic (exact) mass is 204 g/mol. The highest BCUT2D eigenvalue weighted by molar-refractivity contribution is 5.97. The van der Waals surface area contributed by atoms with Crippen LogP contribution in [0.15, 0.2) is 36.4 Å². The summed E-state index contributed by atoms with van der Waals surface area (Å²) in [5, 5.41) is 10.3. The van der Waals surface area contributed by atoms with Crippen LogP contribution in [0.5, 0.6) is 0 Å². The Morgan fingerprint density at radius 2 is 2.00 bits per heavy atom. The molecule has 0 aromatic heterocycles. The fourth-order valence-corrected chi connectivity index (χ4v) is 1.14. The fraction of sp³-hybridized carbons (Fsp3) is 0.250. The van der Waals surface area contributed by atoms with Gasteiger partial charge in [0.25, 0.3) is 0 Å². The second kappa shape index (κ2) is 6.11. The predicted molar refractivity (Wildman–Crippen MR) is 58.6 cm³/mol. The molecule has 0 aliphatic rings. The Kier molecular flexibility index (Phi) is 4.74. The smallest absolute Gasteiger partial charge is 0.172 e. The minimum absolute atomic E-state index is 0.192. The van der Waals surface area contributed by atoms with E-state index < -0.39 is 6.04 Å². The molecule has 0 aliphatic heterocycles. The normalized spacial score (nSPS) is 12.9. The number of rotatable bonds is 5. The highest BCUT2D eigenvalue weighted by Crippen LogP contribution is 2.02. The molecule has 0 amide bonds. The molecule has 0 spiro atoms. The van der Waals surface area contributed by atoms with Crippen molar-refractivity contribution in [1.29, 1.82) is 0 Å². The second-order valence-corrected chi connectivity index (χ2v) is 3.25. The van der Waals surface area contributed by atoms with Crippen molar-refractivity contribution in [3.63, 3.8) is 0 Å². The molecule has 1 rings (SSSR count). The van der Waals surface area contributed by atoms with Crippen molar-refractivity contribution in [3.05, 3.63) is 42.0 Å². The number of carbonyl (C=O) groups is 1. The summed E-state index contributed by atoms with van der Waals surface area (Å²) < 4.78 is 0. The van der Waals surface area contributed by atoms with Gasteiger partial charge in [-0.3, -0.25) is 4.79 Å². The van der Waals surface area contributed by atoms with Gasteiger partial charge in [-0.05, 0) is 18.1 Å². The van der Waals surface area contributed by atoms with Crippen LogP contribution < -0.4 is 5.73 Å². The topological polar surface area (TPSA) is 63.0 Å². The second-order valence-electron chi connectivity index (χ2n) is 3.25. The minimum Gasteiger partial charge on any atom is -0.321 e. The maximum Gasteiger partial charge on any atom is 0.172 e. The zero-order valence-corrected chi connectivity index (χ0v) is 8.43. The van der Waals surface area contributed by atoms with E-state index in [1.54, 1.807) is 6.08 Å². The fourth-order valence-electron chi connectivity index (χ4n) is 1.14. The van der Waals surface area contributed by atoms with Crippen molar-refractivity contribution in [1.82, 2.24) is 0 Å². The first-order valence-electron chi connectivity index (χ1n) is 4.84. The molecule has 0 fully saturated rings. The van der Waals surface area contributed by atoms with Gasteiger partial charge in [-0.15, -0.1) is 0 Å². The zero-order valence-electron chi connectivity index (χ0n) is 8.43. The van der Waals surface area contributed by atoms with Gasteiger partial charge in [0, 0.05) is 0 Å². The summed E-state index contributed by atoms with van der Waals surface area (Å²) in [4.78, 5) is 11.4. The molecule has 2 N–H and O–H groups in total. The van der Waals surface area contributed by atoms with E-state index in [0.29, 0.717) is 0 Å². The zero-order chi connectivity index (χ0) is 11.1. The first kappa shape index (κ1) is 11.6. The lowest BCUT2D eigenvalue weighted by Crippen LogP contribution is -2.29. The third-order valence-corrected chi connectivity index (χ3v) is 2.03. The Morgan fingerprint density at radius 1 is 1.33 bits per heavy atom. The molecule has 1 atom stereocenters. The summed E-state index contributed by atoms with van der Waals surface area (Å²) in [5.74, 6) is -0.199. The summed E-state index contributed by atoms with van der Waals surface area (Å²) in [7, 11) is 0. The molecule has 1 aromatic carbocycles. The van der Waals surface area contributed by atoms with Gasteiger partial charge in [0.05, 0.1) is 12.6 Å². The van der Waals surface area contributed by atoms with Crippen molar-refractivity contribution in [3.8, 4) is 0 Å². The van der Waals surface area contributed by atoms with E-state index in [0.717, 1.165) is 5.56 Å². The summed E-state index contributed by atoms with van der Waals surface area (Å²) in [6.45, 7) is -0.313. The number of carbonyl (C=O) groups excluding carboxylic acids is 1. The molecule has 3 nitrogen and oxygen atoms in total. The third-order valence-electron chi connectivity index (χ3n) is 2.03. The molecule has 1 aromatic rings. The highest BCUT2D eigenvalue weighted by atomic mass is 16.3. The Balaban J connectivity index is 2.55. The van der Waals surface area contributed by atoms with Gasteiger partial charge in [0.15, 0.2) is 5.78 Å². The van der Waals surface area contributed by atoms with Crippen LogP contribution in [0.4, 0.5) is 0 Å². The number of benzene rings is 1. The van der Waals surface area contributed by atoms with Crippen molar-refractivity contribution in [2.24, 2.45) is 5.73 Å². The highest BCUT2D eigenvalue weighted by Gasteiger charge is 2.08. The van der Waals surface area contributed by atoms with E-state index in [4.69, 9.17) is 5.73 Å². The van der Waals surface area contributed by atoms with Crippen LogP contribution in [0.3, 0.4) is 0 Å². The van der Waals surface area contributed by atoms with E-state index in [1.165, 1.54) is 6.08 Å². The SMILES string of the molecule is NC(CC[O])C(=O)/C=C/c1ccccc1. The van der Waals surface area contributed by atoms with Crippen LogP contribution in [0.1, 0.15) is 12.0 Å². The molecule has 0 heterocycles. The van der Waals surface area contributed by atoms with Crippen LogP contribution in [-0.2, 0) is 9.90 Å². The average molecular weight is 204 g/mol. The maximum atomic E-state index is 11.4. The van der Waals surface area contributed by atoms with Gasteiger partial charge in [-0.1, -0.05) is 36.4 Å². The lowest BCUT2D eigenvalue weighted by molar-refractivity contribution is -0.116. The molecule has 0 bridgehead atoms. The van der Waals surface area contributed by atoms with Gasteiger partial charge in [-0.25, -0.2) is 5.11 Å². The lowest BCUT2D eigenvalue weighted by atomic mass is 10.1. The number of hydrogen-bond acceptors (Lipinski definition) is 2. The largest absolute Gasteiger partial charge is 0.321 e. The van der Waals surface area contributed by atoms with Crippen molar-refractivity contribution in [2.45, 2.75) is 12.5 Å². The quantitative estimate of drug-likeness (QED) is 0.737. The molecule has 0 saturated carbocycles. The van der Waals surface area contributed by atoms with Crippen LogP contribution in [0, 0.1) is 0 Å². The summed E-state index contributed by atoms with van der Waals surface area (Å²) in [6.07, 6.45) is 3.32. The number of ketones is 1. The van der Waals surface area contributed by atoms with Crippen molar-refractivity contribution in [2.75, 3.05) is 6.61 Å². The molecule has 1 unspecified atom stereocenters. The Morgan fingerprint density at radius 3 is 2.60 bits per heavy atom. The molecular formula is C12H14NO2. The van der Waals surface area contributed by atoms with E-state index >= 15 is 0 Å². The molecule has 3 heteroatoms. The van der Waals surface area contributed by atoms with Gasteiger partial charge < -0.3 is 5.73 Å². The summed E-state index contributed by atoms with van der Waals surface area (Å²) in [6, 6.07) is 8.81. The predicted octanol–water partition coefficient (Wildman–Crippen LogP) is 1.42. The van der Waals surface area contributed by atoms with Crippen LogP contribution in [-0.4, -0.2) is 18.4 Å². The molecule has 0 saturated heterocycles. The van der Waals surface area contributed by atoms with Gasteiger partial charge >= 0.3 is 0 Å². The molecule has 0 aliphatic carbocycles. The van der Waals surface area contributed by atoms with E-state index in [9.17, 15) is 9.90 Å². The Bertz CT molecular complexity index is 333. The lowest BCUT2D eigenvalue weighted by Gasteiger charge is -2.03. The third kappa shape index (κ3) is 4.06. The van der Waals surface area contributed by atoms with Crippen LogP contribution in [0.25, 0.3) is 6.08 Å². The number of nitrogens with two attached hydrogens (primary N) is 1. The Labute approximate surface area is 89.2 Å². The van der Waals surface area contributed by atoms with Gasteiger partial charge in [0.1, 0.15) is 0 Å². The van der Waals surface area contributed by atoms with E-state index in [2.05, 4.69) is 0 Å². The minimum atomic E-state index is -0.664. The standard InChI is InChI=1S/C12H14NO2/c13-11(8-9-14)12(15)7-6-10-4-2-1-3-5-10/h1-7,11H,8-9,13H2/b7-6+. The van der Waals surface area contributed by atoms with Gasteiger partial charge in [-0.2, -0.15) is 0 Å². The summed E-state index contributed by atoms with van der Waals surface area (Å²) >= 11 is 0. The van der Waals surface area contributed by atoms with E-state index in [-0.39, 0.29) is 18.8 Å². The summed E-state index contributed by atoms with van der Waals surface area (Å²) in [5.41, 5.74) is 6.44. The Hall–Kier alpha value is -1.45. The first-order valence-corrected chi connectivity index (χ1v) is 4.84. The molecule has 15 heavy (non-hydrogen) atoms. The van der Waals surface area contributed by atoms with Crippen LogP contribution >= 0.6 is 0 Å².